The summed E-state index contributed by atoms with van der Waals surface area (Å²) in [4.78, 5) is 0. The maximum Gasteiger partial charge on any atom is 0.122 e. The second-order valence-electron chi connectivity index (χ2n) is 2.76. The molecule has 0 aliphatic rings. The van der Waals surface area contributed by atoms with Gasteiger partial charge < -0.3 is 4.74 Å². The van der Waals surface area contributed by atoms with Crippen molar-refractivity contribution in [2.24, 2.45) is 0 Å². The van der Waals surface area contributed by atoms with Crippen LogP contribution in [0.5, 0.6) is 0 Å². The summed E-state index contributed by atoms with van der Waals surface area (Å²) in [5, 5.41) is 0. The van der Waals surface area contributed by atoms with Crippen molar-refractivity contribution in [3.05, 3.63) is 36.1 Å². The Morgan fingerprint density at radius 3 is 1.94 bits per heavy atom. The Morgan fingerprint density at radius 1 is 1.12 bits per heavy atom. The van der Waals surface area contributed by atoms with Gasteiger partial charge >= 0.3 is 0 Å². The number of rotatable bonds is 6. The summed E-state index contributed by atoms with van der Waals surface area (Å²) < 4.78 is 5.51. The highest BCUT2D eigenvalue weighted by molar-refractivity contribution is 5.28. The van der Waals surface area contributed by atoms with E-state index in [1.165, 1.54) is 5.57 Å². The second-order valence-corrected chi connectivity index (χ2v) is 2.76. The Balaban J connectivity index is -0.000000439. The van der Waals surface area contributed by atoms with Crippen molar-refractivity contribution in [3.63, 3.8) is 0 Å². The molecule has 0 spiro atoms. The van der Waals surface area contributed by atoms with Crippen LogP contribution in [0, 0.1) is 0 Å². The fourth-order valence-corrected chi connectivity index (χ4v) is 1.19. The predicted octanol–water partition coefficient (Wildman–Crippen LogP) is 5.89. The molecular formula is C16H32O. The first kappa shape index (κ1) is 21.3. The Bertz CT molecular complexity index is 200. The fourth-order valence-electron chi connectivity index (χ4n) is 1.19. The molecule has 0 fully saturated rings. The van der Waals surface area contributed by atoms with Crippen molar-refractivity contribution in [2.75, 3.05) is 6.61 Å². The molecule has 17 heavy (non-hydrogen) atoms. The Morgan fingerprint density at radius 2 is 1.65 bits per heavy atom. The second kappa shape index (κ2) is 20.4. The molecule has 0 unspecified atom stereocenters. The van der Waals surface area contributed by atoms with Crippen LogP contribution in [0.15, 0.2) is 36.1 Å². The van der Waals surface area contributed by atoms with Crippen LogP contribution >= 0.6 is 0 Å². The molecule has 0 radical (unpaired) electrons. The van der Waals surface area contributed by atoms with Gasteiger partial charge in [0, 0.05) is 0 Å². The average molecular weight is 240 g/mol. The van der Waals surface area contributed by atoms with Gasteiger partial charge in [-0.25, -0.2) is 0 Å². The zero-order valence-electron chi connectivity index (χ0n) is 13.0. The fraction of sp³-hybridized carbons (Fsp3) is 0.625. The van der Waals surface area contributed by atoms with Gasteiger partial charge in [-0.15, -0.1) is 0 Å². The largest absolute Gasteiger partial charge is 0.494 e. The van der Waals surface area contributed by atoms with Crippen LogP contribution < -0.4 is 0 Å². The van der Waals surface area contributed by atoms with Gasteiger partial charge in [-0.3, -0.25) is 0 Å². The number of hydrogen-bond acceptors (Lipinski definition) is 1. The molecule has 102 valence electrons. The van der Waals surface area contributed by atoms with E-state index in [1.807, 2.05) is 47.6 Å². The first-order valence-electron chi connectivity index (χ1n) is 6.91. The molecular weight excluding hydrogens is 208 g/mol. The molecule has 0 aromatic heterocycles. The van der Waals surface area contributed by atoms with Gasteiger partial charge in [0.2, 0.25) is 0 Å². The smallest absolute Gasteiger partial charge is 0.122 e. The molecule has 0 heterocycles. The van der Waals surface area contributed by atoms with E-state index in [2.05, 4.69) is 19.6 Å². The third kappa shape index (κ3) is 13.0. The van der Waals surface area contributed by atoms with Gasteiger partial charge in [-0.1, -0.05) is 59.8 Å². The van der Waals surface area contributed by atoms with E-state index < -0.39 is 0 Å². The molecule has 0 aliphatic heterocycles. The third-order valence-corrected chi connectivity index (χ3v) is 1.75. The van der Waals surface area contributed by atoms with Crippen LogP contribution in [0.4, 0.5) is 0 Å². The number of allylic oxidation sites excluding steroid dienone is 4. The molecule has 0 rings (SSSR count). The van der Waals surface area contributed by atoms with E-state index in [0.717, 1.165) is 18.6 Å². The van der Waals surface area contributed by atoms with Crippen molar-refractivity contribution in [2.45, 2.75) is 61.3 Å². The van der Waals surface area contributed by atoms with Gasteiger partial charge in [-0.05, 0) is 31.9 Å². The van der Waals surface area contributed by atoms with Crippen molar-refractivity contribution in [1.29, 1.82) is 0 Å². The lowest BCUT2D eigenvalue weighted by atomic mass is 10.1. The van der Waals surface area contributed by atoms with Crippen LogP contribution in [0.25, 0.3) is 0 Å². The van der Waals surface area contributed by atoms with Gasteiger partial charge in [0.05, 0.1) is 6.61 Å². The summed E-state index contributed by atoms with van der Waals surface area (Å²) in [7, 11) is 0. The molecule has 0 N–H and O–H groups in total. The first-order chi connectivity index (χ1) is 8.29. The summed E-state index contributed by atoms with van der Waals surface area (Å²) in [5.74, 6) is 0.960. The van der Waals surface area contributed by atoms with E-state index in [0.29, 0.717) is 6.61 Å². The highest BCUT2D eigenvalue weighted by Crippen LogP contribution is 2.17. The van der Waals surface area contributed by atoms with Gasteiger partial charge in [-0.2, -0.15) is 0 Å². The predicted molar refractivity (Wildman–Crippen MR) is 81.3 cm³/mol. The molecule has 0 aliphatic carbocycles. The SMILES string of the molecule is C=C/C=C(OCC)\C(=C/C)CCC.CC.CC. The monoisotopic (exact) mass is 240 g/mol. The maximum atomic E-state index is 5.51. The maximum absolute atomic E-state index is 5.51. The minimum atomic E-state index is 0.709. The molecule has 0 atom stereocenters. The van der Waals surface area contributed by atoms with E-state index in [1.54, 1.807) is 6.08 Å². The lowest BCUT2D eigenvalue weighted by Crippen LogP contribution is -1.95. The molecule has 1 heteroatoms. The molecule has 0 bridgehead atoms. The zero-order valence-corrected chi connectivity index (χ0v) is 13.0. The van der Waals surface area contributed by atoms with Gasteiger partial charge in [0.15, 0.2) is 0 Å². The number of hydrogen-bond donors (Lipinski definition) is 0. The quantitative estimate of drug-likeness (QED) is 0.415. The van der Waals surface area contributed by atoms with Crippen LogP contribution in [0.2, 0.25) is 0 Å². The van der Waals surface area contributed by atoms with Crippen molar-refractivity contribution >= 4 is 0 Å². The third-order valence-electron chi connectivity index (χ3n) is 1.75. The average Bonchev–Trinajstić information content (AvgIpc) is 2.40. The molecule has 0 saturated carbocycles. The Kier molecular flexibility index (Phi) is 25.6. The van der Waals surface area contributed by atoms with Crippen LogP contribution in [-0.2, 0) is 4.74 Å². The van der Waals surface area contributed by atoms with Crippen LogP contribution in [0.3, 0.4) is 0 Å². The van der Waals surface area contributed by atoms with E-state index in [9.17, 15) is 0 Å². The van der Waals surface area contributed by atoms with Crippen LogP contribution in [0.1, 0.15) is 61.3 Å². The molecule has 0 aromatic rings. The minimum absolute atomic E-state index is 0.709. The topological polar surface area (TPSA) is 9.23 Å². The zero-order chi connectivity index (χ0) is 14.1. The van der Waals surface area contributed by atoms with E-state index >= 15 is 0 Å². The first-order valence-corrected chi connectivity index (χ1v) is 6.91. The molecule has 0 aromatic carbocycles. The van der Waals surface area contributed by atoms with Crippen LogP contribution in [-0.4, -0.2) is 6.61 Å². The highest BCUT2D eigenvalue weighted by atomic mass is 16.5. The summed E-state index contributed by atoms with van der Waals surface area (Å²) in [6.45, 7) is 18.6. The number of ether oxygens (including phenoxy) is 1. The normalized spacial score (nSPS) is 10.5. The van der Waals surface area contributed by atoms with Crippen molar-refractivity contribution in [1.82, 2.24) is 0 Å². The van der Waals surface area contributed by atoms with Gasteiger partial charge in [0.1, 0.15) is 5.76 Å². The van der Waals surface area contributed by atoms with E-state index in [-0.39, 0.29) is 0 Å². The van der Waals surface area contributed by atoms with Gasteiger partial charge in [0.25, 0.3) is 0 Å². The van der Waals surface area contributed by atoms with Crippen molar-refractivity contribution < 1.29 is 4.74 Å². The summed E-state index contributed by atoms with van der Waals surface area (Å²) in [5.41, 5.74) is 1.27. The molecule has 0 saturated heterocycles. The summed E-state index contributed by atoms with van der Waals surface area (Å²) >= 11 is 0. The van der Waals surface area contributed by atoms with Crippen molar-refractivity contribution in [3.8, 4) is 0 Å². The minimum Gasteiger partial charge on any atom is -0.494 e. The lowest BCUT2D eigenvalue weighted by molar-refractivity contribution is 0.236. The summed E-state index contributed by atoms with van der Waals surface area (Å²) in [6, 6.07) is 0. The highest BCUT2D eigenvalue weighted by Gasteiger charge is 2.02. The summed E-state index contributed by atoms with van der Waals surface area (Å²) in [6.07, 6.45) is 8.00. The standard InChI is InChI=1S/C12H20O.2C2H6/c1-5-9-11(7-3)12(10-6-2)13-8-4;2*1-2/h6-7,10H,2,5,8-9H2,1,3-4H3;2*1-2H3/b11-7-,12-10+;;. The van der Waals surface area contributed by atoms with E-state index in [4.69, 9.17) is 4.74 Å². The Hall–Kier alpha value is -0.980. The Labute approximate surface area is 109 Å². The lowest BCUT2D eigenvalue weighted by Gasteiger charge is -2.11. The molecule has 1 nitrogen and oxygen atoms in total. The molecule has 0 amide bonds.